The van der Waals surface area contributed by atoms with Gasteiger partial charge in [-0.1, -0.05) is 28.1 Å². The number of hydrogen-bond donors (Lipinski definition) is 2. The van der Waals surface area contributed by atoms with Crippen LogP contribution in [0.3, 0.4) is 0 Å². The van der Waals surface area contributed by atoms with Crippen LogP contribution in [-0.2, 0) is 0 Å². The zero-order valence-electron chi connectivity index (χ0n) is 14.9. The van der Waals surface area contributed by atoms with Gasteiger partial charge in [0.2, 0.25) is 0 Å². The molecule has 2 N–H and O–H groups in total. The van der Waals surface area contributed by atoms with Crippen LogP contribution in [0.2, 0.25) is 0 Å². The molecule has 8 heteroatoms. The molecule has 1 fully saturated rings. The fraction of sp³-hybridized carbons (Fsp3) is 0.300. The Kier molecular flexibility index (Phi) is 5.35. The van der Waals surface area contributed by atoms with E-state index in [1.165, 1.54) is 12.1 Å². The van der Waals surface area contributed by atoms with Gasteiger partial charge in [0.05, 0.1) is 6.04 Å². The number of aromatic amines is 1. The van der Waals surface area contributed by atoms with Crippen molar-refractivity contribution < 1.29 is 17.9 Å². The van der Waals surface area contributed by atoms with Crippen LogP contribution in [-0.4, -0.2) is 42.4 Å². The summed E-state index contributed by atoms with van der Waals surface area (Å²) in [6, 6.07) is 12.2. The lowest BCUT2D eigenvalue weighted by molar-refractivity contribution is -0.274. The summed E-state index contributed by atoms with van der Waals surface area (Å²) in [6.45, 7) is 3.45. The summed E-state index contributed by atoms with van der Waals surface area (Å²) < 4.78 is 42.4. The molecule has 148 valence electrons. The Morgan fingerprint density at radius 2 is 1.75 bits per heavy atom. The van der Waals surface area contributed by atoms with Gasteiger partial charge in [0.25, 0.3) is 0 Å². The molecule has 1 aliphatic rings. The highest BCUT2D eigenvalue weighted by Gasteiger charge is 2.31. The number of hydrogen-bond acceptors (Lipinski definition) is 3. The van der Waals surface area contributed by atoms with Crippen LogP contribution in [0.5, 0.6) is 5.75 Å². The molecule has 0 bridgehead atoms. The van der Waals surface area contributed by atoms with E-state index in [1.807, 2.05) is 18.3 Å². The van der Waals surface area contributed by atoms with Crippen molar-refractivity contribution in [1.82, 2.24) is 15.2 Å². The lowest BCUT2D eigenvalue weighted by Crippen LogP contribution is -2.45. The monoisotopic (exact) mass is 453 g/mol. The molecule has 0 amide bonds. The summed E-state index contributed by atoms with van der Waals surface area (Å²) in [4.78, 5) is 5.66. The zero-order chi connectivity index (χ0) is 19.7. The maximum Gasteiger partial charge on any atom is 0.573 e. The minimum Gasteiger partial charge on any atom is -0.406 e. The van der Waals surface area contributed by atoms with Crippen LogP contribution in [0.1, 0.15) is 17.2 Å². The smallest absolute Gasteiger partial charge is 0.406 e. The van der Waals surface area contributed by atoms with Gasteiger partial charge in [0.15, 0.2) is 0 Å². The van der Waals surface area contributed by atoms with Crippen molar-refractivity contribution in [2.24, 2.45) is 0 Å². The van der Waals surface area contributed by atoms with E-state index >= 15 is 0 Å². The molecule has 4 rings (SSSR count). The first-order valence-electron chi connectivity index (χ1n) is 8.98. The van der Waals surface area contributed by atoms with E-state index in [4.69, 9.17) is 0 Å². The van der Waals surface area contributed by atoms with Gasteiger partial charge in [-0.3, -0.25) is 4.90 Å². The number of ether oxygens (including phenoxy) is 1. The average Bonchev–Trinajstić information content (AvgIpc) is 3.06. The number of fused-ring (bicyclic) bond motifs is 1. The normalized spacial score (nSPS) is 17.0. The number of nitrogens with zero attached hydrogens (tertiary/aromatic N) is 1. The fourth-order valence-corrected chi connectivity index (χ4v) is 4.08. The van der Waals surface area contributed by atoms with Crippen LogP contribution >= 0.6 is 15.9 Å². The van der Waals surface area contributed by atoms with Crippen molar-refractivity contribution in [3.8, 4) is 5.75 Å². The molecule has 2 aromatic carbocycles. The summed E-state index contributed by atoms with van der Waals surface area (Å²) in [5.74, 6) is -0.211. The molecule has 28 heavy (non-hydrogen) atoms. The van der Waals surface area contributed by atoms with Crippen LogP contribution in [0.4, 0.5) is 13.2 Å². The number of aromatic nitrogens is 1. The number of nitrogens with one attached hydrogen (secondary N) is 2. The standard InChI is InChI=1S/C20H19BrF3N3O/c21-14-3-6-18-16(11-14)17(12-26-18)19(27-9-7-25-8-10-27)13-1-4-15(5-2-13)28-20(22,23)24/h1-6,11-12,19,25-26H,7-10H2/t19-/m0/s1. The molecule has 0 saturated carbocycles. The van der Waals surface area contributed by atoms with Crippen molar-refractivity contribution in [1.29, 1.82) is 0 Å². The summed E-state index contributed by atoms with van der Waals surface area (Å²) >= 11 is 3.53. The molecule has 0 unspecified atom stereocenters. The summed E-state index contributed by atoms with van der Waals surface area (Å²) in [6.07, 6.45) is -2.70. The molecule has 1 aromatic heterocycles. The van der Waals surface area contributed by atoms with Gasteiger partial charge in [-0.15, -0.1) is 13.2 Å². The minimum absolute atomic E-state index is 0.0647. The summed E-state index contributed by atoms with van der Waals surface area (Å²) in [5, 5.41) is 4.44. The second-order valence-electron chi connectivity index (χ2n) is 6.74. The largest absolute Gasteiger partial charge is 0.573 e. The Bertz CT molecular complexity index is 949. The van der Waals surface area contributed by atoms with Crippen molar-refractivity contribution in [3.63, 3.8) is 0 Å². The van der Waals surface area contributed by atoms with Gasteiger partial charge >= 0.3 is 6.36 Å². The zero-order valence-corrected chi connectivity index (χ0v) is 16.5. The Morgan fingerprint density at radius 1 is 1.04 bits per heavy atom. The van der Waals surface area contributed by atoms with Gasteiger partial charge < -0.3 is 15.0 Å². The van der Waals surface area contributed by atoms with E-state index < -0.39 is 6.36 Å². The van der Waals surface area contributed by atoms with E-state index in [0.29, 0.717) is 0 Å². The van der Waals surface area contributed by atoms with E-state index in [9.17, 15) is 13.2 Å². The molecule has 2 heterocycles. The van der Waals surface area contributed by atoms with Crippen LogP contribution in [0.25, 0.3) is 10.9 Å². The number of benzene rings is 2. The number of H-pyrrole nitrogens is 1. The maximum atomic E-state index is 12.5. The number of piperazine rings is 1. The highest BCUT2D eigenvalue weighted by molar-refractivity contribution is 9.10. The molecule has 1 saturated heterocycles. The quantitative estimate of drug-likeness (QED) is 0.594. The molecular formula is C20H19BrF3N3O. The van der Waals surface area contributed by atoms with Gasteiger partial charge in [0.1, 0.15) is 5.75 Å². The predicted octanol–water partition coefficient (Wildman–Crippen LogP) is 4.82. The van der Waals surface area contributed by atoms with Gasteiger partial charge in [0, 0.05) is 47.8 Å². The third-order valence-corrected chi connectivity index (χ3v) is 5.41. The van der Waals surface area contributed by atoms with E-state index in [-0.39, 0.29) is 11.8 Å². The maximum absolute atomic E-state index is 12.5. The predicted molar refractivity (Wildman–Crippen MR) is 105 cm³/mol. The van der Waals surface area contributed by atoms with E-state index in [1.54, 1.807) is 12.1 Å². The second kappa shape index (κ2) is 7.77. The lowest BCUT2D eigenvalue weighted by Gasteiger charge is -2.35. The Labute approximate surface area is 168 Å². The molecule has 0 aliphatic carbocycles. The van der Waals surface area contributed by atoms with E-state index in [2.05, 4.69) is 41.9 Å². The number of alkyl halides is 3. The Hall–Kier alpha value is -2.03. The first kappa shape index (κ1) is 19.3. The lowest BCUT2D eigenvalue weighted by atomic mass is 9.96. The molecular weight excluding hydrogens is 435 g/mol. The first-order valence-corrected chi connectivity index (χ1v) is 9.77. The first-order chi connectivity index (χ1) is 13.4. The van der Waals surface area contributed by atoms with Crippen LogP contribution in [0.15, 0.2) is 53.1 Å². The van der Waals surface area contributed by atoms with Gasteiger partial charge in [-0.25, -0.2) is 0 Å². The van der Waals surface area contributed by atoms with Crippen molar-refractivity contribution in [2.75, 3.05) is 26.2 Å². The highest BCUT2D eigenvalue weighted by Crippen LogP contribution is 2.36. The van der Waals surface area contributed by atoms with Gasteiger partial charge in [-0.05, 0) is 41.5 Å². The van der Waals surface area contributed by atoms with Gasteiger partial charge in [-0.2, -0.15) is 0 Å². The summed E-state index contributed by atoms with van der Waals surface area (Å²) in [5.41, 5.74) is 3.05. The average molecular weight is 454 g/mol. The third kappa shape index (κ3) is 4.19. The van der Waals surface area contributed by atoms with Crippen LogP contribution < -0.4 is 10.1 Å². The molecule has 3 aromatic rings. The number of halogens is 4. The topological polar surface area (TPSA) is 40.3 Å². The SMILES string of the molecule is FC(F)(F)Oc1ccc([C@@H](c2c[nH]c3ccc(Br)cc23)N2CCNCC2)cc1. The van der Waals surface area contributed by atoms with Crippen LogP contribution in [0, 0.1) is 0 Å². The number of rotatable bonds is 4. The third-order valence-electron chi connectivity index (χ3n) is 4.92. The molecule has 1 aliphatic heterocycles. The Balaban J connectivity index is 1.74. The molecule has 4 nitrogen and oxygen atoms in total. The second-order valence-corrected chi connectivity index (χ2v) is 7.65. The minimum atomic E-state index is -4.69. The van der Waals surface area contributed by atoms with E-state index in [0.717, 1.165) is 52.7 Å². The Morgan fingerprint density at radius 3 is 2.43 bits per heavy atom. The highest BCUT2D eigenvalue weighted by atomic mass is 79.9. The molecule has 0 spiro atoms. The van der Waals surface area contributed by atoms with Crippen molar-refractivity contribution in [3.05, 3.63) is 64.3 Å². The molecule has 0 radical (unpaired) electrons. The van der Waals surface area contributed by atoms with Crippen molar-refractivity contribution >= 4 is 26.8 Å². The van der Waals surface area contributed by atoms with Crippen molar-refractivity contribution in [2.45, 2.75) is 12.4 Å². The summed E-state index contributed by atoms with van der Waals surface area (Å²) in [7, 11) is 0. The fourth-order valence-electron chi connectivity index (χ4n) is 3.72. The molecule has 1 atom stereocenters.